The van der Waals surface area contributed by atoms with Crippen molar-refractivity contribution in [1.29, 1.82) is 0 Å². The second-order valence-corrected chi connectivity index (χ2v) is 8.13. The average Bonchev–Trinajstić information content (AvgIpc) is 3.11. The SMILES string of the molecule is Cc1nc2scc(CC(=O)NC(C)C(C)C)n2c(=O)c1-c1cc(C)n(C)n1. The molecular formula is C19H25N5O2S. The van der Waals surface area contributed by atoms with Crippen LogP contribution in [0.3, 0.4) is 0 Å². The lowest BCUT2D eigenvalue weighted by atomic mass is 10.1. The summed E-state index contributed by atoms with van der Waals surface area (Å²) in [5.41, 5.74) is 3.15. The third kappa shape index (κ3) is 3.66. The van der Waals surface area contributed by atoms with Gasteiger partial charge in [0.15, 0.2) is 4.96 Å². The van der Waals surface area contributed by atoms with Gasteiger partial charge in [0.25, 0.3) is 5.56 Å². The Morgan fingerprint density at radius 1 is 1.30 bits per heavy atom. The molecule has 0 aromatic carbocycles. The number of aromatic nitrogens is 4. The first-order valence-electron chi connectivity index (χ1n) is 8.99. The van der Waals surface area contributed by atoms with E-state index in [1.54, 1.807) is 4.68 Å². The number of carbonyl (C=O) groups excluding carboxylic acids is 1. The molecule has 7 nitrogen and oxygen atoms in total. The number of rotatable bonds is 5. The zero-order valence-electron chi connectivity index (χ0n) is 16.5. The summed E-state index contributed by atoms with van der Waals surface area (Å²) < 4.78 is 3.27. The van der Waals surface area contributed by atoms with Gasteiger partial charge >= 0.3 is 0 Å². The maximum atomic E-state index is 13.2. The third-order valence-electron chi connectivity index (χ3n) is 4.92. The Hall–Kier alpha value is -2.48. The molecule has 3 aromatic heterocycles. The molecule has 3 rings (SSSR count). The Morgan fingerprint density at radius 2 is 2.00 bits per heavy atom. The number of fused-ring (bicyclic) bond motifs is 1. The van der Waals surface area contributed by atoms with Gasteiger partial charge in [-0.15, -0.1) is 11.3 Å². The van der Waals surface area contributed by atoms with Crippen LogP contribution in [0.15, 0.2) is 16.2 Å². The van der Waals surface area contributed by atoms with Gasteiger partial charge in [-0.05, 0) is 32.8 Å². The zero-order valence-corrected chi connectivity index (χ0v) is 17.3. The Kier molecular flexibility index (Phi) is 5.19. The van der Waals surface area contributed by atoms with Gasteiger partial charge in [-0.25, -0.2) is 4.98 Å². The molecule has 1 unspecified atom stereocenters. The molecule has 144 valence electrons. The first-order chi connectivity index (χ1) is 12.7. The lowest BCUT2D eigenvalue weighted by Gasteiger charge is -2.17. The topological polar surface area (TPSA) is 81.3 Å². The number of nitrogens with one attached hydrogen (secondary N) is 1. The van der Waals surface area contributed by atoms with E-state index in [0.29, 0.717) is 33.5 Å². The molecule has 0 saturated carbocycles. The molecule has 27 heavy (non-hydrogen) atoms. The second kappa shape index (κ2) is 7.26. The minimum atomic E-state index is -0.184. The van der Waals surface area contributed by atoms with Crippen molar-refractivity contribution in [3.05, 3.63) is 38.9 Å². The summed E-state index contributed by atoms with van der Waals surface area (Å²) in [5, 5.41) is 9.24. The lowest BCUT2D eigenvalue weighted by Crippen LogP contribution is -2.37. The van der Waals surface area contributed by atoms with Crippen LogP contribution in [-0.2, 0) is 18.3 Å². The Morgan fingerprint density at radius 3 is 2.59 bits per heavy atom. The van der Waals surface area contributed by atoms with Crippen LogP contribution in [-0.4, -0.2) is 31.1 Å². The normalized spacial score (nSPS) is 12.7. The molecule has 0 fully saturated rings. The number of aryl methyl sites for hydroxylation is 3. The van der Waals surface area contributed by atoms with Crippen molar-refractivity contribution in [2.75, 3.05) is 0 Å². The molecule has 1 N–H and O–H groups in total. The maximum Gasteiger partial charge on any atom is 0.268 e. The van der Waals surface area contributed by atoms with E-state index in [2.05, 4.69) is 29.2 Å². The largest absolute Gasteiger partial charge is 0.353 e. The molecule has 3 heterocycles. The maximum absolute atomic E-state index is 13.2. The number of hydrogen-bond donors (Lipinski definition) is 1. The van der Waals surface area contributed by atoms with Crippen LogP contribution < -0.4 is 10.9 Å². The van der Waals surface area contributed by atoms with Gasteiger partial charge in [-0.1, -0.05) is 13.8 Å². The van der Waals surface area contributed by atoms with Gasteiger partial charge in [0.2, 0.25) is 5.91 Å². The first kappa shape index (κ1) is 19.3. The number of hydrogen-bond acceptors (Lipinski definition) is 5. The minimum Gasteiger partial charge on any atom is -0.353 e. The predicted octanol–water partition coefficient (Wildman–Crippen LogP) is 2.48. The molecule has 1 atom stereocenters. The van der Waals surface area contributed by atoms with E-state index in [4.69, 9.17) is 0 Å². The highest BCUT2D eigenvalue weighted by atomic mass is 32.1. The first-order valence-corrected chi connectivity index (χ1v) is 9.87. The smallest absolute Gasteiger partial charge is 0.268 e. The molecule has 0 spiro atoms. The van der Waals surface area contributed by atoms with Crippen LogP contribution in [0.4, 0.5) is 0 Å². The van der Waals surface area contributed by atoms with Crippen molar-refractivity contribution in [2.45, 2.75) is 47.1 Å². The van der Waals surface area contributed by atoms with Crippen molar-refractivity contribution in [3.63, 3.8) is 0 Å². The predicted molar refractivity (Wildman–Crippen MR) is 107 cm³/mol. The standard InChI is InChI=1S/C19H25N5O2S/c1-10(2)12(4)20-16(25)8-14-9-27-19-21-13(5)17(18(26)24(14)19)15-7-11(3)23(6)22-15/h7,9-10,12H,8H2,1-6H3,(H,20,25). The quantitative estimate of drug-likeness (QED) is 0.729. The summed E-state index contributed by atoms with van der Waals surface area (Å²) in [4.78, 5) is 30.8. The average molecular weight is 388 g/mol. The van der Waals surface area contributed by atoms with Gasteiger partial charge < -0.3 is 5.32 Å². The number of thiazole rings is 1. The van der Waals surface area contributed by atoms with Gasteiger partial charge in [0.1, 0.15) is 0 Å². The van der Waals surface area contributed by atoms with Gasteiger partial charge in [0.05, 0.1) is 23.4 Å². The molecule has 8 heteroatoms. The van der Waals surface area contributed by atoms with Crippen molar-refractivity contribution in [1.82, 2.24) is 24.5 Å². The fourth-order valence-corrected chi connectivity index (χ4v) is 3.77. The Balaban J connectivity index is 2.03. The monoisotopic (exact) mass is 387 g/mol. The van der Waals surface area contributed by atoms with E-state index in [1.165, 1.54) is 15.7 Å². The van der Waals surface area contributed by atoms with Crippen LogP contribution >= 0.6 is 11.3 Å². The van der Waals surface area contributed by atoms with Crippen LogP contribution in [0.1, 0.15) is 37.9 Å². The summed E-state index contributed by atoms with van der Waals surface area (Å²) in [5.74, 6) is 0.248. The van der Waals surface area contributed by atoms with Crippen molar-refractivity contribution >= 4 is 22.2 Å². The van der Waals surface area contributed by atoms with Gasteiger partial charge in [-0.2, -0.15) is 5.10 Å². The van der Waals surface area contributed by atoms with E-state index in [-0.39, 0.29) is 23.9 Å². The van der Waals surface area contributed by atoms with Crippen molar-refractivity contribution in [2.24, 2.45) is 13.0 Å². The third-order valence-corrected chi connectivity index (χ3v) is 5.80. The van der Waals surface area contributed by atoms with Crippen LogP contribution in [0.2, 0.25) is 0 Å². The summed E-state index contributed by atoms with van der Waals surface area (Å²) >= 11 is 1.37. The summed E-state index contributed by atoms with van der Waals surface area (Å²) in [6.07, 6.45) is 0.141. The van der Waals surface area contributed by atoms with Crippen LogP contribution in [0.25, 0.3) is 16.2 Å². The number of amides is 1. The van der Waals surface area contributed by atoms with Gasteiger partial charge in [-0.3, -0.25) is 18.7 Å². The summed E-state index contributed by atoms with van der Waals surface area (Å²) in [6.45, 7) is 9.85. The van der Waals surface area contributed by atoms with E-state index in [1.807, 2.05) is 39.3 Å². The highest BCUT2D eigenvalue weighted by molar-refractivity contribution is 7.15. The molecule has 0 aliphatic carbocycles. The molecule has 3 aromatic rings. The van der Waals surface area contributed by atoms with E-state index in [9.17, 15) is 9.59 Å². The van der Waals surface area contributed by atoms with Crippen molar-refractivity contribution in [3.8, 4) is 11.3 Å². The van der Waals surface area contributed by atoms with Gasteiger partial charge in [0, 0.05) is 29.9 Å². The Labute approximate surface area is 162 Å². The zero-order chi connectivity index (χ0) is 19.9. The van der Waals surface area contributed by atoms with E-state index < -0.39 is 0 Å². The highest BCUT2D eigenvalue weighted by Crippen LogP contribution is 2.21. The number of nitrogens with zero attached hydrogens (tertiary/aromatic N) is 4. The lowest BCUT2D eigenvalue weighted by molar-refractivity contribution is -0.121. The molecule has 0 aliphatic heterocycles. The number of carbonyl (C=O) groups is 1. The van der Waals surface area contributed by atoms with E-state index >= 15 is 0 Å². The fraction of sp³-hybridized carbons (Fsp3) is 0.474. The molecule has 0 bridgehead atoms. The fourth-order valence-electron chi connectivity index (χ4n) is 2.84. The summed E-state index contributed by atoms with van der Waals surface area (Å²) in [6, 6.07) is 1.95. The van der Waals surface area contributed by atoms with Crippen LogP contribution in [0.5, 0.6) is 0 Å². The summed E-state index contributed by atoms with van der Waals surface area (Å²) in [7, 11) is 1.84. The second-order valence-electron chi connectivity index (χ2n) is 7.29. The molecule has 0 aliphatic rings. The molecule has 1 amide bonds. The van der Waals surface area contributed by atoms with E-state index in [0.717, 1.165) is 5.69 Å². The molecular weight excluding hydrogens is 362 g/mol. The minimum absolute atomic E-state index is 0.0755. The van der Waals surface area contributed by atoms with Crippen LogP contribution in [0, 0.1) is 19.8 Å². The van der Waals surface area contributed by atoms with Crippen molar-refractivity contribution < 1.29 is 4.79 Å². The molecule has 0 saturated heterocycles. The Bertz CT molecular complexity index is 1040. The molecule has 0 radical (unpaired) electrons. The highest BCUT2D eigenvalue weighted by Gasteiger charge is 2.20.